The Balaban J connectivity index is 3.11. The topological polar surface area (TPSA) is 64.8 Å². The van der Waals surface area contributed by atoms with Crippen LogP contribution in [0.3, 0.4) is 0 Å². The van der Waals surface area contributed by atoms with Crippen molar-refractivity contribution in [1.82, 2.24) is 14.8 Å². The van der Waals surface area contributed by atoms with Gasteiger partial charge in [0, 0.05) is 23.1 Å². The van der Waals surface area contributed by atoms with Crippen LogP contribution in [-0.2, 0) is 15.5 Å². The van der Waals surface area contributed by atoms with Crippen molar-refractivity contribution in [2.45, 2.75) is 44.1 Å². The summed E-state index contributed by atoms with van der Waals surface area (Å²) >= 11 is 0. The van der Waals surface area contributed by atoms with Gasteiger partial charge in [-0.1, -0.05) is 0 Å². The number of halogens is 4. The molecule has 0 aliphatic carbocycles. The van der Waals surface area contributed by atoms with E-state index in [0.29, 0.717) is 0 Å². The number of hydrogen-bond donors (Lipinski definition) is 0. The van der Waals surface area contributed by atoms with Crippen molar-refractivity contribution in [3.8, 4) is 0 Å². The van der Waals surface area contributed by atoms with Gasteiger partial charge >= 0.3 is 6.18 Å². The van der Waals surface area contributed by atoms with E-state index in [1.54, 1.807) is 13.8 Å². The molecule has 0 amide bonds. The van der Waals surface area contributed by atoms with Crippen LogP contribution in [-0.4, -0.2) is 29.4 Å². The van der Waals surface area contributed by atoms with Gasteiger partial charge in [-0.15, -0.1) is 10.2 Å². The van der Waals surface area contributed by atoms with Gasteiger partial charge in [0.15, 0.2) is 0 Å². The van der Waals surface area contributed by atoms with E-state index >= 15 is 0 Å². The molecule has 0 bridgehead atoms. The lowest BCUT2D eigenvalue weighted by Crippen LogP contribution is -2.15. The fourth-order valence-corrected chi connectivity index (χ4v) is 2.42. The highest BCUT2D eigenvalue weighted by atomic mass is 35.7. The molecule has 0 radical (unpaired) electrons. The second-order valence-corrected chi connectivity index (χ2v) is 6.38. The average Bonchev–Trinajstić information content (AvgIpc) is 2.55. The first-order valence-corrected chi connectivity index (χ1v) is 7.28. The Bertz CT molecular complexity index is 524. The number of hydrogen-bond acceptors (Lipinski definition) is 4. The molecule has 0 atom stereocenters. The maximum absolute atomic E-state index is 12.1. The molecule has 10 heteroatoms. The van der Waals surface area contributed by atoms with E-state index < -0.39 is 39.3 Å². The van der Waals surface area contributed by atoms with Gasteiger partial charge in [0.1, 0.15) is 5.82 Å². The molecule has 0 spiro atoms. The third kappa shape index (κ3) is 3.84. The molecular formula is C8H11ClF3N3O2S. The number of rotatable bonds is 4. The highest BCUT2D eigenvalue weighted by Crippen LogP contribution is 2.24. The first-order valence-electron chi connectivity index (χ1n) is 4.97. The molecule has 1 aromatic heterocycles. The summed E-state index contributed by atoms with van der Waals surface area (Å²) in [6.07, 6.45) is -5.88. The molecule has 0 unspecified atom stereocenters. The minimum absolute atomic E-state index is 0.0541. The van der Waals surface area contributed by atoms with Crippen LogP contribution in [0.2, 0.25) is 0 Å². The molecule has 1 rings (SSSR count). The van der Waals surface area contributed by atoms with E-state index in [1.807, 2.05) is 0 Å². The van der Waals surface area contributed by atoms with Gasteiger partial charge in [0.05, 0.1) is 6.42 Å². The zero-order valence-electron chi connectivity index (χ0n) is 9.57. The van der Waals surface area contributed by atoms with Gasteiger partial charge in [-0.2, -0.15) is 13.2 Å². The highest BCUT2D eigenvalue weighted by Gasteiger charge is 2.30. The summed E-state index contributed by atoms with van der Waals surface area (Å²) < 4.78 is 59.8. The molecule has 1 aromatic rings. The normalized spacial score (nSPS) is 13.3. The van der Waals surface area contributed by atoms with E-state index in [-0.39, 0.29) is 5.82 Å². The Morgan fingerprint density at radius 1 is 1.33 bits per heavy atom. The molecule has 0 aliphatic rings. The molecule has 104 valence electrons. The van der Waals surface area contributed by atoms with Crippen LogP contribution in [0.15, 0.2) is 5.16 Å². The number of aryl methyl sites for hydroxylation is 1. The van der Waals surface area contributed by atoms with E-state index in [9.17, 15) is 21.6 Å². The van der Waals surface area contributed by atoms with E-state index in [1.165, 1.54) is 0 Å². The van der Waals surface area contributed by atoms with Crippen molar-refractivity contribution in [2.75, 3.05) is 0 Å². The molecule has 0 saturated heterocycles. The number of aromatic nitrogens is 3. The minimum atomic E-state index is -4.34. The lowest BCUT2D eigenvalue weighted by atomic mass is 10.2. The lowest BCUT2D eigenvalue weighted by molar-refractivity contribution is -0.134. The molecule has 0 aromatic carbocycles. The summed E-state index contributed by atoms with van der Waals surface area (Å²) in [5.74, 6) is -0.0541. The number of alkyl halides is 3. The molecule has 1 heterocycles. The van der Waals surface area contributed by atoms with Crippen molar-refractivity contribution in [3.05, 3.63) is 5.82 Å². The second kappa shape index (κ2) is 5.04. The van der Waals surface area contributed by atoms with Crippen LogP contribution in [0.5, 0.6) is 0 Å². The number of nitrogens with zero attached hydrogens (tertiary/aromatic N) is 3. The fourth-order valence-electron chi connectivity index (χ4n) is 1.42. The zero-order chi connectivity index (χ0) is 14.1. The van der Waals surface area contributed by atoms with Gasteiger partial charge in [0.25, 0.3) is 14.2 Å². The summed E-state index contributed by atoms with van der Waals surface area (Å²) in [4.78, 5) is 0. The summed E-state index contributed by atoms with van der Waals surface area (Å²) in [6.45, 7) is 3.21. The molecule has 0 N–H and O–H groups in total. The summed E-state index contributed by atoms with van der Waals surface area (Å²) in [5.41, 5.74) is 0. The van der Waals surface area contributed by atoms with Crippen molar-refractivity contribution >= 4 is 19.7 Å². The Morgan fingerprint density at radius 3 is 2.28 bits per heavy atom. The monoisotopic (exact) mass is 305 g/mol. The van der Waals surface area contributed by atoms with Crippen molar-refractivity contribution < 1.29 is 21.6 Å². The third-order valence-electron chi connectivity index (χ3n) is 2.10. The van der Waals surface area contributed by atoms with Crippen LogP contribution in [0.4, 0.5) is 13.2 Å². The lowest BCUT2D eigenvalue weighted by Gasteiger charge is -2.13. The van der Waals surface area contributed by atoms with Crippen LogP contribution in [0.25, 0.3) is 0 Å². The molecular weight excluding hydrogens is 295 g/mol. The molecule has 0 aliphatic heterocycles. The van der Waals surface area contributed by atoms with Crippen LogP contribution < -0.4 is 0 Å². The predicted octanol–water partition coefficient (Wildman–Crippen LogP) is 2.28. The molecule has 5 nitrogen and oxygen atoms in total. The third-order valence-corrected chi connectivity index (χ3v) is 3.23. The summed E-state index contributed by atoms with van der Waals surface area (Å²) in [5, 5.41) is 6.26. The smallest absolute Gasteiger partial charge is 0.298 e. The standard InChI is InChI=1S/C8H11ClF3N3O2S/c1-5(2)15-6(3-4-8(10,11)12)13-14-7(15)18(9,16)17/h5H,3-4H2,1-2H3. The largest absolute Gasteiger partial charge is 0.389 e. The highest BCUT2D eigenvalue weighted by molar-refractivity contribution is 8.13. The van der Waals surface area contributed by atoms with Gasteiger partial charge in [0.2, 0.25) is 0 Å². The Hall–Kier alpha value is -0.830. The maximum atomic E-state index is 12.1. The first-order chi connectivity index (χ1) is 8.02. The molecule has 18 heavy (non-hydrogen) atoms. The Kier molecular flexibility index (Phi) is 4.26. The van der Waals surface area contributed by atoms with E-state index in [4.69, 9.17) is 10.7 Å². The Labute approximate surface area is 106 Å². The minimum Gasteiger partial charge on any atom is -0.298 e. The predicted molar refractivity (Wildman–Crippen MR) is 57.8 cm³/mol. The van der Waals surface area contributed by atoms with E-state index in [2.05, 4.69) is 10.2 Å². The van der Waals surface area contributed by atoms with Gasteiger partial charge in [-0.3, -0.25) is 4.57 Å². The zero-order valence-corrected chi connectivity index (χ0v) is 11.1. The van der Waals surface area contributed by atoms with Crippen molar-refractivity contribution in [1.29, 1.82) is 0 Å². The first kappa shape index (κ1) is 15.2. The maximum Gasteiger partial charge on any atom is 0.389 e. The SMILES string of the molecule is CC(C)n1c(CCC(F)(F)F)nnc1S(=O)(=O)Cl. The molecule has 0 saturated carbocycles. The second-order valence-electron chi connectivity index (χ2n) is 3.92. The fraction of sp³-hybridized carbons (Fsp3) is 0.750. The quantitative estimate of drug-likeness (QED) is 0.801. The van der Waals surface area contributed by atoms with E-state index in [0.717, 1.165) is 4.57 Å². The van der Waals surface area contributed by atoms with Crippen molar-refractivity contribution in [2.24, 2.45) is 0 Å². The van der Waals surface area contributed by atoms with Gasteiger partial charge in [-0.25, -0.2) is 8.42 Å². The summed E-state index contributed by atoms with van der Waals surface area (Å²) in [6, 6.07) is -0.410. The Morgan fingerprint density at radius 2 is 1.89 bits per heavy atom. The van der Waals surface area contributed by atoms with Crippen LogP contribution in [0, 0.1) is 0 Å². The average molecular weight is 306 g/mol. The van der Waals surface area contributed by atoms with Crippen LogP contribution >= 0.6 is 10.7 Å². The van der Waals surface area contributed by atoms with Crippen LogP contribution in [0.1, 0.15) is 32.1 Å². The van der Waals surface area contributed by atoms with Crippen molar-refractivity contribution in [3.63, 3.8) is 0 Å². The summed E-state index contributed by atoms with van der Waals surface area (Å²) in [7, 11) is 1.01. The van der Waals surface area contributed by atoms with Gasteiger partial charge < -0.3 is 0 Å². The van der Waals surface area contributed by atoms with Gasteiger partial charge in [-0.05, 0) is 13.8 Å². The molecule has 0 fully saturated rings.